The van der Waals surface area contributed by atoms with E-state index in [0.717, 1.165) is 15.8 Å². The Morgan fingerprint density at radius 2 is 2.19 bits per heavy atom. The van der Waals surface area contributed by atoms with Crippen molar-refractivity contribution in [3.63, 3.8) is 0 Å². The number of hydrogen-bond donors (Lipinski definition) is 1. The maximum absolute atomic E-state index is 12.5. The van der Waals surface area contributed by atoms with E-state index in [1.54, 1.807) is 4.90 Å². The molecule has 0 aromatic heterocycles. The molecule has 2 amide bonds. The second-order valence-electron chi connectivity index (χ2n) is 5.03. The van der Waals surface area contributed by atoms with Crippen LogP contribution in [0.5, 0.6) is 5.75 Å². The van der Waals surface area contributed by atoms with Gasteiger partial charge in [-0.2, -0.15) is 0 Å². The number of carbonyl (C=O) groups excluding carboxylic acids is 2. The maximum Gasteiger partial charge on any atom is 0.253 e. The number of benzene rings is 1. The molecule has 21 heavy (non-hydrogen) atoms. The number of nitrogens with one attached hydrogen (secondary N) is 1. The molecule has 0 bridgehead atoms. The molecule has 6 heteroatoms. The highest BCUT2D eigenvalue weighted by molar-refractivity contribution is 9.10. The Morgan fingerprint density at radius 1 is 1.33 bits per heavy atom. The van der Waals surface area contributed by atoms with E-state index in [0.29, 0.717) is 31.6 Å². The van der Waals surface area contributed by atoms with Gasteiger partial charge in [0.1, 0.15) is 12.4 Å². The molecule has 5 nitrogen and oxygen atoms in total. The molecule has 3 rings (SSSR count). The van der Waals surface area contributed by atoms with Gasteiger partial charge < -0.3 is 15.0 Å². The molecule has 0 saturated carbocycles. The van der Waals surface area contributed by atoms with Crippen molar-refractivity contribution in [1.82, 2.24) is 10.2 Å². The molecule has 1 saturated heterocycles. The summed E-state index contributed by atoms with van der Waals surface area (Å²) in [6, 6.07) is 5.71. The summed E-state index contributed by atoms with van der Waals surface area (Å²) in [6.07, 6.45) is 2.22. The molecule has 0 atom stereocenters. The summed E-state index contributed by atoms with van der Waals surface area (Å²) in [4.78, 5) is 25.6. The fraction of sp³-hybridized carbons (Fsp3) is 0.333. The third-order valence-electron chi connectivity index (χ3n) is 3.56. The number of halogens is 1. The molecule has 0 radical (unpaired) electrons. The van der Waals surface area contributed by atoms with E-state index in [1.807, 2.05) is 24.3 Å². The lowest BCUT2D eigenvalue weighted by Crippen LogP contribution is -2.36. The summed E-state index contributed by atoms with van der Waals surface area (Å²) in [5.74, 6) is 0.716. The van der Waals surface area contributed by atoms with Crippen LogP contribution in [0, 0.1) is 0 Å². The average Bonchev–Trinajstić information content (AvgIpc) is 2.70. The minimum Gasteiger partial charge on any atom is -0.488 e. The Labute approximate surface area is 131 Å². The van der Waals surface area contributed by atoms with Crippen molar-refractivity contribution >= 4 is 33.8 Å². The zero-order chi connectivity index (χ0) is 14.8. The van der Waals surface area contributed by atoms with Crippen LogP contribution >= 0.6 is 15.9 Å². The molecule has 2 aliphatic heterocycles. The average molecular weight is 351 g/mol. The van der Waals surface area contributed by atoms with Crippen LogP contribution in [0.15, 0.2) is 28.2 Å². The van der Waals surface area contributed by atoms with E-state index in [9.17, 15) is 9.59 Å². The highest BCUT2D eigenvalue weighted by Crippen LogP contribution is 2.29. The first-order chi connectivity index (χ1) is 10.1. The zero-order valence-corrected chi connectivity index (χ0v) is 13.0. The van der Waals surface area contributed by atoms with E-state index in [1.165, 1.54) is 0 Å². The van der Waals surface area contributed by atoms with E-state index in [2.05, 4.69) is 21.2 Å². The van der Waals surface area contributed by atoms with Gasteiger partial charge in [-0.1, -0.05) is 15.9 Å². The smallest absolute Gasteiger partial charge is 0.253 e. The summed E-state index contributed by atoms with van der Waals surface area (Å²) in [7, 11) is 0. The van der Waals surface area contributed by atoms with E-state index < -0.39 is 0 Å². The molecule has 1 N–H and O–H groups in total. The number of nitrogens with zero attached hydrogens (tertiary/aromatic N) is 1. The largest absolute Gasteiger partial charge is 0.488 e. The van der Waals surface area contributed by atoms with Crippen molar-refractivity contribution in [2.75, 3.05) is 26.2 Å². The normalized spacial score (nSPS) is 18.0. The number of rotatable bonds is 1. The fourth-order valence-corrected chi connectivity index (χ4v) is 2.82. The third kappa shape index (κ3) is 3.10. The molecular formula is C15H15BrN2O3. The summed E-state index contributed by atoms with van der Waals surface area (Å²) in [5, 5.41) is 2.77. The van der Waals surface area contributed by atoms with Crippen LogP contribution in [-0.2, 0) is 9.59 Å². The summed E-state index contributed by atoms with van der Waals surface area (Å²) in [6.45, 7) is 1.76. The van der Waals surface area contributed by atoms with E-state index in [-0.39, 0.29) is 18.4 Å². The van der Waals surface area contributed by atoms with E-state index >= 15 is 0 Å². The molecule has 0 unspecified atom stereocenters. The molecule has 0 spiro atoms. The topological polar surface area (TPSA) is 58.6 Å². The zero-order valence-electron chi connectivity index (χ0n) is 11.4. The summed E-state index contributed by atoms with van der Waals surface area (Å²) < 4.78 is 6.58. The van der Waals surface area contributed by atoms with Gasteiger partial charge in [-0.3, -0.25) is 9.59 Å². The monoisotopic (exact) mass is 350 g/mol. The summed E-state index contributed by atoms with van der Waals surface area (Å²) >= 11 is 3.41. The first-order valence-electron chi connectivity index (χ1n) is 6.82. The van der Waals surface area contributed by atoms with Crippen LogP contribution in [0.4, 0.5) is 0 Å². The van der Waals surface area contributed by atoms with Gasteiger partial charge >= 0.3 is 0 Å². The van der Waals surface area contributed by atoms with E-state index in [4.69, 9.17) is 4.74 Å². The van der Waals surface area contributed by atoms with Gasteiger partial charge in [0.05, 0.1) is 5.57 Å². The predicted octanol–water partition coefficient (Wildman–Crippen LogP) is 1.57. The van der Waals surface area contributed by atoms with Gasteiger partial charge in [0.25, 0.3) is 5.91 Å². The molecule has 1 aromatic rings. The van der Waals surface area contributed by atoms with Gasteiger partial charge in [-0.05, 0) is 24.3 Å². The number of fused-ring (bicyclic) bond motifs is 1. The van der Waals surface area contributed by atoms with Crippen LogP contribution in [0.2, 0.25) is 0 Å². The lowest BCUT2D eigenvalue weighted by Gasteiger charge is -2.24. The van der Waals surface area contributed by atoms with Gasteiger partial charge in [-0.15, -0.1) is 0 Å². The number of amides is 2. The highest BCUT2D eigenvalue weighted by atomic mass is 79.9. The molecule has 1 aromatic carbocycles. The van der Waals surface area contributed by atoms with Crippen molar-refractivity contribution in [2.45, 2.75) is 6.42 Å². The number of ether oxygens (including phenoxy) is 1. The second-order valence-corrected chi connectivity index (χ2v) is 5.95. The minimum absolute atomic E-state index is 0.00606. The second kappa shape index (κ2) is 5.89. The van der Waals surface area contributed by atoms with Gasteiger partial charge in [0, 0.05) is 36.1 Å². The SMILES string of the molecule is O=C1CCN(C(=O)C2=Cc3cc(Br)ccc3OC2)CCN1. The highest BCUT2D eigenvalue weighted by Gasteiger charge is 2.24. The van der Waals surface area contributed by atoms with Crippen LogP contribution in [-0.4, -0.2) is 43.0 Å². The van der Waals surface area contributed by atoms with Crippen LogP contribution in [0.25, 0.3) is 6.08 Å². The maximum atomic E-state index is 12.5. The number of hydrogen-bond acceptors (Lipinski definition) is 3. The molecule has 2 heterocycles. The van der Waals surface area contributed by atoms with Crippen LogP contribution in [0.3, 0.4) is 0 Å². The van der Waals surface area contributed by atoms with Gasteiger partial charge in [0.2, 0.25) is 5.91 Å². The predicted molar refractivity (Wildman–Crippen MR) is 81.8 cm³/mol. The van der Waals surface area contributed by atoms with Crippen molar-refractivity contribution in [1.29, 1.82) is 0 Å². The lowest BCUT2D eigenvalue weighted by atomic mass is 10.1. The lowest BCUT2D eigenvalue weighted by molar-refractivity contribution is -0.127. The van der Waals surface area contributed by atoms with Gasteiger partial charge in [-0.25, -0.2) is 0 Å². The van der Waals surface area contributed by atoms with Gasteiger partial charge in [0.15, 0.2) is 0 Å². The molecule has 110 valence electrons. The molecule has 2 aliphatic rings. The van der Waals surface area contributed by atoms with Crippen molar-refractivity contribution in [3.05, 3.63) is 33.8 Å². The first kappa shape index (κ1) is 14.1. The standard InChI is InChI=1S/C15H15BrN2O3/c16-12-1-2-13-10(8-12)7-11(9-21-13)15(20)18-5-3-14(19)17-4-6-18/h1-2,7-8H,3-6,9H2,(H,17,19). The molecule has 1 fully saturated rings. The van der Waals surface area contributed by atoms with Crippen LogP contribution < -0.4 is 10.1 Å². The number of carbonyl (C=O) groups is 2. The Hall–Kier alpha value is -1.82. The fourth-order valence-electron chi connectivity index (χ4n) is 2.45. The van der Waals surface area contributed by atoms with Crippen molar-refractivity contribution in [3.8, 4) is 5.75 Å². The Bertz CT molecular complexity index is 627. The third-order valence-corrected chi connectivity index (χ3v) is 4.05. The first-order valence-corrected chi connectivity index (χ1v) is 7.62. The molecular weight excluding hydrogens is 336 g/mol. The summed E-state index contributed by atoms with van der Waals surface area (Å²) in [5.41, 5.74) is 1.51. The Balaban J connectivity index is 1.80. The molecule has 0 aliphatic carbocycles. The minimum atomic E-state index is -0.0582. The Kier molecular flexibility index (Phi) is 3.96. The quantitative estimate of drug-likeness (QED) is 0.836. The van der Waals surface area contributed by atoms with Crippen molar-refractivity contribution in [2.24, 2.45) is 0 Å². The van der Waals surface area contributed by atoms with Crippen LogP contribution in [0.1, 0.15) is 12.0 Å². The van der Waals surface area contributed by atoms with Crippen molar-refractivity contribution < 1.29 is 14.3 Å². The Morgan fingerprint density at radius 3 is 3.05 bits per heavy atom.